The summed E-state index contributed by atoms with van der Waals surface area (Å²) in [4.78, 5) is 18.9. The molecule has 0 aliphatic carbocycles. The third-order valence-corrected chi connectivity index (χ3v) is 4.67. The largest absolute Gasteiger partial charge is 0.372 e. The Bertz CT molecular complexity index is 630. The van der Waals surface area contributed by atoms with Gasteiger partial charge in [0.05, 0.1) is 6.33 Å². The van der Waals surface area contributed by atoms with Gasteiger partial charge in [-0.2, -0.15) is 0 Å². The molecule has 1 amide bonds. The Balaban J connectivity index is 1.59. The Labute approximate surface area is 143 Å². The highest BCUT2D eigenvalue weighted by molar-refractivity contribution is 5.94. The van der Waals surface area contributed by atoms with Gasteiger partial charge in [0.2, 0.25) is 0 Å². The lowest BCUT2D eigenvalue weighted by Gasteiger charge is -2.28. The monoisotopic (exact) mass is 326 g/mol. The number of anilines is 1. The normalized spacial score (nSPS) is 16.0. The van der Waals surface area contributed by atoms with E-state index in [-0.39, 0.29) is 11.9 Å². The first kappa shape index (κ1) is 16.6. The molecule has 1 aromatic carbocycles. The second-order valence-corrected chi connectivity index (χ2v) is 6.43. The first-order valence-electron chi connectivity index (χ1n) is 8.88. The van der Waals surface area contributed by atoms with Crippen LogP contribution in [0.15, 0.2) is 43.0 Å². The maximum atomic E-state index is 12.5. The van der Waals surface area contributed by atoms with Gasteiger partial charge in [0, 0.05) is 49.3 Å². The zero-order chi connectivity index (χ0) is 16.8. The topological polar surface area (TPSA) is 50.2 Å². The third-order valence-electron chi connectivity index (χ3n) is 4.67. The molecule has 1 N–H and O–H groups in total. The molecule has 2 aromatic rings. The van der Waals surface area contributed by atoms with Gasteiger partial charge in [0.15, 0.2) is 0 Å². The highest BCUT2D eigenvalue weighted by Crippen LogP contribution is 2.20. The van der Waals surface area contributed by atoms with Crippen molar-refractivity contribution < 1.29 is 4.79 Å². The van der Waals surface area contributed by atoms with Crippen molar-refractivity contribution >= 4 is 11.6 Å². The van der Waals surface area contributed by atoms with Gasteiger partial charge in [0.25, 0.3) is 5.91 Å². The molecular formula is C19H26N4O. The summed E-state index contributed by atoms with van der Waals surface area (Å²) in [5.74, 6) is -0.00726. The maximum absolute atomic E-state index is 12.5. The van der Waals surface area contributed by atoms with Crippen LogP contribution in [0, 0.1) is 0 Å². The van der Waals surface area contributed by atoms with Crippen LogP contribution in [0.2, 0.25) is 0 Å². The first-order valence-corrected chi connectivity index (χ1v) is 8.88. The Kier molecular flexibility index (Phi) is 5.51. The Morgan fingerprint density at radius 2 is 1.96 bits per heavy atom. The average molecular weight is 326 g/mol. The summed E-state index contributed by atoms with van der Waals surface area (Å²) >= 11 is 0. The number of nitrogens with one attached hydrogen (secondary N) is 1. The van der Waals surface area contributed by atoms with Crippen LogP contribution in [-0.2, 0) is 6.54 Å². The number of amides is 1. The molecule has 0 unspecified atom stereocenters. The maximum Gasteiger partial charge on any atom is 0.251 e. The SMILES string of the molecule is CC[C@H](Cn1ccnc1)NC(=O)c1ccc(N2CCCCC2)cc1. The number of aromatic nitrogens is 2. The number of rotatable bonds is 6. The van der Waals surface area contributed by atoms with Crippen LogP contribution in [0.3, 0.4) is 0 Å². The van der Waals surface area contributed by atoms with Crippen LogP contribution in [0.1, 0.15) is 43.0 Å². The predicted molar refractivity (Wildman–Crippen MR) is 96.3 cm³/mol. The molecule has 2 heterocycles. The number of hydrogen-bond donors (Lipinski definition) is 1. The van der Waals surface area contributed by atoms with Crippen molar-refractivity contribution in [3.05, 3.63) is 48.5 Å². The van der Waals surface area contributed by atoms with E-state index in [1.807, 2.05) is 22.9 Å². The zero-order valence-corrected chi connectivity index (χ0v) is 14.3. The fraction of sp³-hybridized carbons (Fsp3) is 0.474. The molecule has 3 rings (SSSR count). The molecule has 1 aliphatic rings. The molecular weight excluding hydrogens is 300 g/mol. The van der Waals surface area contributed by atoms with Crippen LogP contribution in [-0.4, -0.2) is 34.6 Å². The molecule has 1 saturated heterocycles. The molecule has 0 saturated carbocycles. The summed E-state index contributed by atoms with van der Waals surface area (Å²) in [6.07, 6.45) is 10.2. The van der Waals surface area contributed by atoms with E-state index in [0.717, 1.165) is 31.6 Å². The lowest BCUT2D eigenvalue weighted by atomic mass is 10.1. The van der Waals surface area contributed by atoms with E-state index in [9.17, 15) is 4.79 Å². The molecule has 5 heteroatoms. The fourth-order valence-corrected chi connectivity index (χ4v) is 3.17. The third kappa shape index (κ3) is 4.16. The molecule has 128 valence electrons. The second kappa shape index (κ2) is 7.99. The van der Waals surface area contributed by atoms with Crippen LogP contribution in [0.5, 0.6) is 0 Å². The molecule has 1 fully saturated rings. The van der Waals surface area contributed by atoms with E-state index in [4.69, 9.17) is 0 Å². The van der Waals surface area contributed by atoms with Crippen LogP contribution >= 0.6 is 0 Å². The Morgan fingerprint density at radius 1 is 1.21 bits per heavy atom. The molecule has 24 heavy (non-hydrogen) atoms. The van der Waals surface area contributed by atoms with Crippen LogP contribution in [0.4, 0.5) is 5.69 Å². The van der Waals surface area contributed by atoms with E-state index in [0.29, 0.717) is 0 Å². The van der Waals surface area contributed by atoms with Gasteiger partial charge in [0.1, 0.15) is 0 Å². The smallest absolute Gasteiger partial charge is 0.251 e. The molecule has 0 spiro atoms. The summed E-state index contributed by atoms with van der Waals surface area (Å²) < 4.78 is 1.99. The number of imidazole rings is 1. The van der Waals surface area contributed by atoms with Crippen molar-refractivity contribution in [2.45, 2.75) is 45.2 Å². The quantitative estimate of drug-likeness (QED) is 0.887. The van der Waals surface area contributed by atoms with Gasteiger partial charge in [-0.25, -0.2) is 4.98 Å². The molecule has 1 aromatic heterocycles. The number of piperidine rings is 1. The number of hydrogen-bond acceptors (Lipinski definition) is 3. The highest BCUT2D eigenvalue weighted by Gasteiger charge is 2.14. The second-order valence-electron chi connectivity index (χ2n) is 6.43. The molecule has 1 aliphatic heterocycles. The minimum absolute atomic E-state index is 0.00726. The van der Waals surface area contributed by atoms with E-state index in [1.54, 1.807) is 12.5 Å². The van der Waals surface area contributed by atoms with Crippen LogP contribution < -0.4 is 10.2 Å². The molecule has 0 radical (unpaired) electrons. The number of benzene rings is 1. The average Bonchev–Trinajstić information content (AvgIpc) is 3.15. The van der Waals surface area contributed by atoms with E-state index in [2.05, 4.69) is 34.3 Å². The Morgan fingerprint density at radius 3 is 2.58 bits per heavy atom. The van der Waals surface area contributed by atoms with Gasteiger partial charge in [-0.1, -0.05) is 6.92 Å². The van der Waals surface area contributed by atoms with Crippen molar-refractivity contribution in [1.29, 1.82) is 0 Å². The van der Waals surface area contributed by atoms with Gasteiger partial charge in [-0.15, -0.1) is 0 Å². The highest BCUT2D eigenvalue weighted by atomic mass is 16.1. The van der Waals surface area contributed by atoms with E-state index in [1.165, 1.54) is 24.9 Å². The lowest BCUT2D eigenvalue weighted by Crippen LogP contribution is -2.37. The molecule has 1 atom stereocenters. The summed E-state index contributed by atoms with van der Waals surface area (Å²) in [7, 11) is 0. The minimum atomic E-state index is -0.00726. The first-order chi connectivity index (χ1) is 11.8. The molecule has 0 bridgehead atoms. The van der Waals surface area contributed by atoms with Crippen molar-refractivity contribution in [3.8, 4) is 0 Å². The number of carbonyl (C=O) groups is 1. The summed E-state index contributed by atoms with van der Waals surface area (Å²) in [6, 6.07) is 8.11. The van der Waals surface area contributed by atoms with Gasteiger partial charge in [-0.3, -0.25) is 4.79 Å². The molecule has 5 nitrogen and oxygen atoms in total. The van der Waals surface area contributed by atoms with E-state index < -0.39 is 0 Å². The Hall–Kier alpha value is -2.30. The van der Waals surface area contributed by atoms with Crippen LogP contribution in [0.25, 0.3) is 0 Å². The summed E-state index contributed by atoms with van der Waals surface area (Å²) in [6.45, 7) is 5.07. The fourth-order valence-electron chi connectivity index (χ4n) is 3.17. The van der Waals surface area contributed by atoms with Crippen molar-refractivity contribution in [3.63, 3.8) is 0 Å². The van der Waals surface area contributed by atoms with E-state index >= 15 is 0 Å². The standard InChI is InChI=1S/C19H26N4O/c1-2-17(14-22-13-10-20-15-22)21-19(24)16-6-8-18(9-7-16)23-11-4-3-5-12-23/h6-10,13,15,17H,2-5,11-12,14H2,1H3,(H,21,24)/t17-/m1/s1. The van der Waals surface area contributed by atoms with Crippen molar-refractivity contribution in [1.82, 2.24) is 14.9 Å². The lowest BCUT2D eigenvalue weighted by molar-refractivity contribution is 0.0932. The van der Waals surface area contributed by atoms with Gasteiger partial charge in [-0.05, 0) is 49.9 Å². The summed E-state index contributed by atoms with van der Waals surface area (Å²) in [5.41, 5.74) is 1.94. The van der Waals surface area contributed by atoms with Gasteiger partial charge >= 0.3 is 0 Å². The van der Waals surface area contributed by atoms with Gasteiger partial charge < -0.3 is 14.8 Å². The number of nitrogens with zero attached hydrogens (tertiary/aromatic N) is 3. The number of carbonyl (C=O) groups excluding carboxylic acids is 1. The zero-order valence-electron chi connectivity index (χ0n) is 14.3. The minimum Gasteiger partial charge on any atom is -0.372 e. The predicted octanol–water partition coefficient (Wildman–Crippen LogP) is 3.08. The summed E-state index contributed by atoms with van der Waals surface area (Å²) in [5, 5.41) is 3.12. The van der Waals surface area contributed by atoms with Crippen molar-refractivity contribution in [2.75, 3.05) is 18.0 Å². The van der Waals surface area contributed by atoms with Crippen molar-refractivity contribution in [2.24, 2.45) is 0 Å².